The van der Waals surface area contributed by atoms with Gasteiger partial charge in [-0.2, -0.15) is 0 Å². The van der Waals surface area contributed by atoms with Crippen LogP contribution < -0.4 is 14.8 Å². The molecule has 0 bridgehead atoms. The quantitative estimate of drug-likeness (QED) is 0.737. The molecule has 0 saturated heterocycles. The van der Waals surface area contributed by atoms with Crippen LogP contribution in [0.25, 0.3) is 0 Å². The molecule has 1 N–H and O–H groups in total. The van der Waals surface area contributed by atoms with Crippen LogP contribution in [0.3, 0.4) is 0 Å². The molecule has 1 aromatic carbocycles. The van der Waals surface area contributed by atoms with Crippen LogP contribution in [-0.4, -0.2) is 20.8 Å². The van der Waals surface area contributed by atoms with Gasteiger partial charge in [-0.05, 0) is 24.9 Å². The fraction of sp³-hybridized carbons (Fsp3) is 0.571. The summed E-state index contributed by atoms with van der Waals surface area (Å²) in [6.45, 7) is 1.93. The summed E-state index contributed by atoms with van der Waals surface area (Å²) in [5.74, 6) is 2.62. The van der Waals surface area contributed by atoms with Crippen LogP contribution in [0, 0.1) is 5.92 Å². The van der Waals surface area contributed by atoms with E-state index in [9.17, 15) is 0 Å². The minimum Gasteiger partial charge on any atom is -0.493 e. The third kappa shape index (κ3) is 3.37. The lowest BCUT2D eigenvalue weighted by atomic mass is 10.2. The van der Waals surface area contributed by atoms with Gasteiger partial charge in [-0.1, -0.05) is 25.0 Å². The van der Waals surface area contributed by atoms with E-state index in [-0.39, 0.29) is 0 Å². The Morgan fingerprint density at radius 3 is 2.71 bits per heavy atom. The topological polar surface area (TPSA) is 30.5 Å². The highest BCUT2D eigenvalue weighted by Crippen LogP contribution is 2.32. The van der Waals surface area contributed by atoms with Crippen LogP contribution >= 0.6 is 0 Å². The Kier molecular flexibility index (Phi) is 4.26. The highest BCUT2D eigenvalue weighted by atomic mass is 16.5. The molecule has 0 heterocycles. The van der Waals surface area contributed by atoms with Crippen molar-refractivity contribution in [3.05, 3.63) is 23.8 Å². The SMILES string of the molecule is COc1cccc(CNCCC2CC2)c1OC. The molecule has 3 heteroatoms. The van der Waals surface area contributed by atoms with Crippen molar-refractivity contribution < 1.29 is 9.47 Å². The van der Waals surface area contributed by atoms with Crippen LogP contribution in [-0.2, 0) is 6.54 Å². The maximum atomic E-state index is 5.39. The van der Waals surface area contributed by atoms with Crippen LogP contribution in [0.15, 0.2) is 18.2 Å². The number of hydrogen-bond acceptors (Lipinski definition) is 3. The molecular formula is C14H21NO2. The first kappa shape index (κ1) is 12.2. The largest absolute Gasteiger partial charge is 0.493 e. The van der Waals surface area contributed by atoms with Crippen LogP contribution in [0.4, 0.5) is 0 Å². The molecule has 1 aliphatic rings. The lowest BCUT2D eigenvalue weighted by Crippen LogP contribution is -2.15. The molecule has 0 atom stereocenters. The summed E-state index contributed by atoms with van der Waals surface area (Å²) in [5, 5.41) is 3.46. The number of hydrogen-bond donors (Lipinski definition) is 1. The van der Waals surface area contributed by atoms with E-state index in [1.807, 2.05) is 12.1 Å². The molecule has 0 aliphatic heterocycles. The van der Waals surface area contributed by atoms with E-state index in [0.717, 1.165) is 36.1 Å². The maximum Gasteiger partial charge on any atom is 0.165 e. The van der Waals surface area contributed by atoms with E-state index < -0.39 is 0 Å². The summed E-state index contributed by atoms with van der Waals surface area (Å²) < 4.78 is 10.7. The number of rotatable bonds is 7. The van der Waals surface area contributed by atoms with Gasteiger partial charge in [-0.25, -0.2) is 0 Å². The van der Waals surface area contributed by atoms with Crippen molar-refractivity contribution in [2.24, 2.45) is 5.92 Å². The van der Waals surface area contributed by atoms with E-state index in [2.05, 4.69) is 11.4 Å². The second kappa shape index (κ2) is 5.92. The average Bonchev–Trinajstić information content (AvgIpc) is 3.18. The number of methoxy groups -OCH3 is 2. The molecule has 3 nitrogen and oxygen atoms in total. The molecule has 0 unspecified atom stereocenters. The summed E-state index contributed by atoms with van der Waals surface area (Å²) >= 11 is 0. The zero-order valence-corrected chi connectivity index (χ0v) is 10.7. The first-order valence-corrected chi connectivity index (χ1v) is 6.25. The zero-order valence-electron chi connectivity index (χ0n) is 10.7. The molecule has 17 heavy (non-hydrogen) atoms. The molecule has 0 aromatic heterocycles. The summed E-state index contributed by atoms with van der Waals surface area (Å²) in [6.07, 6.45) is 4.14. The monoisotopic (exact) mass is 235 g/mol. The Morgan fingerprint density at radius 2 is 2.06 bits per heavy atom. The Labute approximate surface area is 103 Å². The molecule has 0 spiro atoms. The van der Waals surface area contributed by atoms with Crippen molar-refractivity contribution >= 4 is 0 Å². The van der Waals surface area contributed by atoms with E-state index in [1.165, 1.54) is 19.3 Å². The minimum atomic E-state index is 0.800. The zero-order chi connectivity index (χ0) is 12.1. The minimum absolute atomic E-state index is 0.800. The Hall–Kier alpha value is -1.22. The van der Waals surface area contributed by atoms with Gasteiger partial charge in [-0.3, -0.25) is 0 Å². The van der Waals surface area contributed by atoms with Crippen LogP contribution in [0.1, 0.15) is 24.8 Å². The smallest absolute Gasteiger partial charge is 0.165 e. The number of nitrogens with one attached hydrogen (secondary N) is 1. The predicted molar refractivity (Wildman–Crippen MR) is 68.6 cm³/mol. The van der Waals surface area contributed by atoms with Gasteiger partial charge in [0, 0.05) is 12.1 Å². The highest BCUT2D eigenvalue weighted by Gasteiger charge is 2.20. The summed E-state index contributed by atoms with van der Waals surface area (Å²) in [4.78, 5) is 0. The van der Waals surface area contributed by atoms with Gasteiger partial charge in [-0.15, -0.1) is 0 Å². The van der Waals surface area contributed by atoms with E-state index in [0.29, 0.717) is 0 Å². The molecular weight excluding hydrogens is 214 g/mol. The number of para-hydroxylation sites is 1. The van der Waals surface area contributed by atoms with Gasteiger partial charge in [0.25, 0.3) is 0 Å². The van der Waals surface area contributed by atoms with Crippen LogP contribution in [0.2, 0.25) is 0 Å². The average molecular weight is 235 g/mol. The highest BCUT2D eigenvalue weighted by molar-refractivity contribution is 5.46. The van der Waals surface area contributed by atoms with Gasteiger partial charge in [0.15, 0.2) is 11.5 Å². The van der Waals surface area contributed by atoms with Crippen molar-refractivity contribution in [3.8, 4) is 11.5 Å². The summed E-state index contributed by atoms with van der Waals surface area (Å²) in [7, 11) is 3.35. The number of benzene rings is 1. The molecule has 1 aromatic rings. The van der Waals surface area contributed by atoms with E-state index in [4.69, 9.17) is 9.47 Å². The third-order valence-corrected chi connectivity index (χ3v) is 3.23. The molecule has 1 fully saturated rings. The Bertz CT molecular complexity index is 361. The Balaban J connectivity index is 1.88. The van der Waals surface area contributed by atoms with Gasteiger partial charge >= 0.3 is 0 Å². The fourth-order valence-electron chi connectivity index (χ4n) is 2.03. The van der Waals surface area contributed by atoms with Crippen molar-refractivity contribution in [1.82, 2.24) is 5.32 Å². The second-order valence-electron chi connectivity index (χ2n) is 4.56. The van der Waals surface area contributed by atoms with Crippen molar-refractivity contribution in [2.75, 3.05) is 20.8 Å². The van der Waals surface area contributed by atoms with Crippen molar-refractivity contribution in [2.45, 2.75) is 25.8 Å². The third-order valence-electron chi connectivity index (χ3n) is 3.23. The first-order chi connectivity index (χ1) is 8.35. The summed E-state index contributed by atoms with van der Waals surface area (Å²) in [6, 6.07) is 6.00. The molecule has 2 rings (SSSR count). The van der Waals surface area contributed by atoms with Gasteiger partial charge in [0.05, 0.1) is 14.2 Å². The maximum absolute atomic E-state index is 5.39. The standard InChI is InChI=1S/C14H21NO2/c1-16-13-5-3-4-12(14(13)17-2)10-15-9-8-11-6-7-11/h3-5,11,15H,6-10H2,1-2H3. The van der Waals surface area contributed by atoms with Crippen LogP contribution in [0.5, 0.6) is 11.5 Å². The predicted octanol–water partition coefficient (Wildman–Crippen LogP) is 2.59. The Morgan fingerprint density at radius 1 is 1.24 bits per heavy atom. The molecule has 1 aliphatic carbocycles. The summed E-state index contributed by atoms with van der Waals surface area (Å²) in [5.41, 5.74) is 1.16. The lowest BCUT2D eigenvalue weighted by Gasteiger charge is -2.13. The molecule has 0 amide bonds. The molecule has 94 valence electrons. The van der Waals surface area contributed by atoms with Gasteiger partial charge in [0.1, 0.15) is 0 Å². The first-order valence-electron chi connectivity index (χ1n) is 6.25. The van der Waals surface area contributed by atoms with Gasteiger partial charge < -0.3 is 14.8 Å². The van der Waals surface area contributed by atoms with Crippen molar-refractivity contribution in [1.29, 1.82) is 0 Å². The van der Waals surface area contributed by atoms with E-state index >= 15 is 0 Å². The second-order valence-corrected chi connectivity index (χ2v) is 4.56. The van der Waals surface area contributed by atoms with Crippen molar-refractivity contribution in [3.63, 3.8) is 0 Å². The molecule has 1 saturated carbocycles. The normalized spacial score (nSPS) is 14.7. The lowest BCUT2D eigenvalue weighted by molar-refractivity contribution is 0.350. The van der Waals surface area contributed by atoms with E-state index in [1.54, 1.807) is 14.2 Å². The van der Waals surface area contributed by atoms with Gasteiger partial charge in [0.2, 0.25) is 0 Å². The molecule has 0 radical (unpaired) electrons. The number of ether oxygens (including phenoxy) is 2. The fourth-order valence-corrected chi connectivity index (χ4v) is 2.03.